The van der Waals surface area contributed by atoms with Crippen molar-refractivity contribution in [2.24, 2.45) is 5.92 Å². The molecule has 0 radical (unpaired) electrons. The zero-order valence-electron chi connectivity index (χ0n) is 17.1. The van der Waals surface area contributed by atoms with E-state index in [2.05, 4.69) is 4.98 Å². The number of hydrogen-bond donors (Lipinski definition) is 0. The van der Waals surface area contributed by atoms with Crippen molar-refractivity contribution < 1.29 is 17.2 Å². The van der Waals surface area contributed by atoms with E-state index in [1.807, 2.05) is 30.3 Å². The summed E-state index contributed by atoms with van der Waals surface area (Å²) in [6, 6.07) is 10.0. The lowest BCUT2D eigenvalue weighted by Gasteiger charge is -2.20. The minimum absolute atomic E-state index is 0.143. The van der Waals surface area contributed by atoms with Crippen LogP contribution in [0.1, 0.15) is 31.5 Å². The van der Waals surface area contributed by atoms with Crippen LogP contribution < -0.4 is 5.56 Å². The first-order chi connectivity index (χ1) is 14.5. The van der Waals surface area contributed by atoms with Gasteiger partial charge in [-0.15, -0.1) is 0 Å². The SMILES string of the molecule is CC(F)(F)c1cc2c(-c3ccccc3)cn([C@H](/C=C/S(C)(=O)=O)C3CC3)c(=O)c2cn1. The molecule has 1 saturated carbocycles. The largest absolute Gasteiger partial charge is 0.307 e. The quantitative estimate of drug-likeness (QED) is 0.553. The maximum atomic E-state index is 13.9. The van der Waals surface area contributed by atoms with Gasteiger partial charge in [0.25, 0.3) is 11.5 Å². The minimum atomic E-state index is -3.36. The summed E-state index contributed by atoms with van der Waals surface area (Å²) >= 11 is 0. The molecule has 1 aliphatic carbocycles. The molecule has 0 amide bonds. The van der Waals surface area contributed by atoms with Gasteiger partial charge in [-0.1, -0.05) is 36.4 Å². The van der Waals surface area contributed by atoms with Gasteiger partial charge < -0.3 is 4.57 Å². The number of sulfone groups is 1. The third-order valence-electron chi connectivity index (χ3n) is 5.41. The Morgan fingerprint density at radius 3 is 2.45 bits per heavy atom. The lowest BCUT2D eigenvalue weighted by molar-refractivity contribution is 0.0129. The third kappa shape index (κ3) is 4.58. The Hall–Kier alpha value is -2.87. The second-order valence-electron chi connectivity index (χ2n) is 8.11. The molecule has 1 atom stereocenters. The Morgan fingerprint density at radius 1 is 1.19 bits per heavy atom. The first-order valence-corrected chi connectivity index (χ1v) is 11.9. The van der Waals surface area contributed by atoms with E-state index in [1.54, 1.807) is 6.20 Å². The van der Waals surface area contributed by atoms with Crippen LogP contribution in [-0.4, -0.2) is 24.2 Å². The summed E-state index contributed by atoms with van der Waals surface area (Å²) in [6.07, 6.45) is 7.23. The zero-order chi connectivity index (χ0) is 22.4. The molecule has 0 unspecified atom stereocenters. The van der Waals surface area contributed by atoms with E-state index >= 15 is 0 Å². The van der Waals surface area contributed by atoms with E-state index in [0.717, 1.165) is 37.0 Å². The van der Waals surface area contributed by atoms with Crippen LogP contribution in [0.15, 0.2) is 65.1 Å². The predicted molar refractivity (Wildman–Crippen MR) is 117 cm³/mol. The average Bonchev–Trinajstić information content (AvgIpc) is 3.53. The summed E-state index contributed by atoms with van der Waals surface area (Å²) in [5.41, 5.74) is 0.578. The lowest BCUT2D eigenvalue weighted by atomic mass is 9.99. The van der Waals surface area contributed by atoms with Gasteiger partial charge in [-0.3, -0.25) is 9.78 Å². The van der Waals surface area contributed by atoms with Gasteiger partial charge in [0.05, 0.1) is 11.4 Å². The number of rotatable bonds is 6. The molecule has 2 heterocycles. The number of pyridine rings is 2. The molecule has 4 rings (SSSR count). The predicted octanol–water partition coefficient (Wildman–Crippen LogP) is 4.68. The van der Waals surface area contributed by atoms with Crippen molar-refractivity contribution >= 4 is 20.6 Å². The smallest absolute Gasteiger partial charge is 0.286 e. The van der Waals surface area contributed by atoms with Crippen molar-refractivity contribution in [3.05, 3.63) is 76.3 Å². The number of alkyl halides is 2. The summed E-state index contributed by atoms with van der Waals surface area (Å²) in [7, 11) is -3.36. The summed E-state index contributed by atoms with van der Waals surface area (Å²) in [4.78, 5) is 17.2. The van der Waals surface area contributed by atoms with Gasteiger partial charge in [0.1, 0.15) is 5.69 Å². The maximum Gasteiger partial charge on any atom is 0.286 e. The van der Waals surface area contributed by atoms with E-state index in [1.165, 1.54) is 22.9 Å². The average molecular weight is 445 g/mol. The molecule has 0 aliphatic heterocycles. The Balaban J connectivity index is 2.01. The molecular weight excluding hydrogens is 422 g/mol. The Labute approximate surface area is 179 Å². The minimum Gasteiger partial charge on any atom is -0.307 e. The Bertz CT molecular complexity index is 1320. The fourth-order valence-electron chi connectivity index (χ4n) is 3.70. The topological polar surface area (TPSA) is 69.0 Å². The van der Waals surface area contributed by atoms with Crippen molar-refractivity contribution in [1.29, 1.82) is 0 Å². The van der Waals surface area contributed by atoms with Crippen LogP contribution in [0.3, 0.4) is 0 Å². The van der Waals surface area contributed by atoms with E-state index in [0.29, 0.717) is 10.9 Å². The van der Waals surface area contributed by atoms with Gasteiger partial charge in [-0.25, -0.2) is 8.42 Å². The molecule has 8 heteroatoms. The molecule has 1 aliphatic rings. The molecule has 0 spiro atoms. The van der Waals surface area contributed by atoms with E-state index in [4.69, 9.17) is 0 Å². The molecule has 162 valence electrons. The van der Waals surface area contributed by atoms with Crippen molar-refractivity contribution in [3.63, 3.8) is 0 Å². The molecule has 31 heavy (non-hydrogen) atoms. The first kappa shape index (κ1) is 21.4. The van der Waals surface area contributed by atoms with Crippen molar-refractivity contribution in [2.75, 3.05) is 6.26 Å². The lowest BCUT2D eigenvalue weighted by Crippen LogP contribution is -2.26. The Morgan fingerprint density at radius 2 is 1.87 bits per heavy atom. The highest BCUT2D eigenvalue weighted by Crippen LogP contribution is 2.41. The standard InChI is InChI=1S/C23H22F2N2O3S/c1-23(24,25)21-12-17-18(13-26-21)22(28)27(14-19(17)15-6-4-3-5-7-15)20(16-8-9-16)10-11-31(2,29)30/h3-7,10-14,16,20H,8-9H2,1-2H3/b11-10+/t20-/m1/s1. The molecule has 2 aromatic heterocycles. The number of benzene rings is 1. The number of allylic oxidation sites excluding steroid dienone is 1. The van der Waals surface area contributed by atoms with Crippen molar-refractivity contribution in [3.8, 4) is 11.1 Å². The maximum absolute atomic E-state index is 13.9. The number of aromatic nitrogens is 2. The third-order valence-corrected chi connectivity index (χ3v) is 6.06. The summed E-state index contributed by atoms with van der Waals surface area (Å²) < 4.78 is 52.7. The van der Waals surface area contributed by atoms with Crippen molar-refractivity contribution in [2.45, 2.75) is 31.7 Å². The molecular formula is C23H22F2N2O3S. The second-order valence-corrected chi connectivity index (χ2v) is 10.0. The molecule has 0 saturated heterocycles. The monoisotopic (exact) mass is 444 g/mol. The molecule has 3 aromatic rings. The molecule has 0 N–H and O–H groups in total. The zero-order valence-corrected chi connectivity index (χ0v) is 17.9. The van der Waals surface area contributed by atoms with Crippen LogP contribution in [0.2, 0.25) is 0 Å². The molecule has 5 nitrogen and oxygen atoms in total. The van der Waals surface area contributed by atoms with Crippen LogP contribution in [0.5, 0.6) is 0 Å². The fourth-order valence-corrected chi connectivity index (χ4v) is 4.15. The van der Waals surface area contributed by atoms with E-state index in [9.17, 15) is 22.0 Å². The van der Waals surface area contributed by atoms with Crippen LogP contribution in [-0.2, 0) is 15.8 Å². The highest BCUT2D eigenvalue weighted by molar-refractivity contribution is 7.93. The summed E-state index contributed by atoms with van der Waals surface area (Å²) in [5, 5.41) is 1.72. The normalized spacial score (nSPS) is 16.1. The fraction of sp³-hybridized carbons (Fsp3) is 0.304. The number of nitrogens with zero attached hydrogens (tertiary/aromatic N) is 2. The highest BCUT2D eigenvalue weighted by Gasteiger charge is 2.33. The van der Waals surface area contributed by atoms with E-state index < -0.39 is 27.5 Å². The number of fused-ring (bicyclic) bond motifs is 1. The van der Waals surface area contributed by atoms with Crippen LogP contribution in [0, 0.1) is 5.92 Å². The highest BCUT2D eigenvalue weighted by atomic mass is 32.2. The van der Waals surface area contributed by atoms with Crippen LogP contribution in [0.4, 0.5) is 8.78 Å². The summed E-state index contributed by atoms with van der Waals surface area (Å²) in [5.74, 6) is -3.00. The molecule has 1 aromatic carbocycles. The number of halogens is 2. The molecule has 1 fully saturated rings. The number of hydrogen-bond acceptors (Lipinski definition) is 4. The van der Waals surface area contributed by atoms with E-state index in [-0.39, 0.29) is 16.9 Å². The van der Waals surface area contributed by atoms with Gasteiger partial charge >= 0.3 is 0 Å². The van der Waals surface area contributed by atoms with Gasteiger partial charge in [0.15, 0.2) is 9.84 Å². The van der Waals surface area contributed by atoms with Crippen LogP contribution in [0.25, 0.3) is 21.9 Å². The van der Waals surface area contributed by atoms with Crippen LogP contribution >= 0.6 is 0 Å². The first-order valence-electron chi connectivity index (χ1n) is 9.91. The van der Waals surface area contributed by atoms with Gasteiger partial charge in [0.2, 0.25) is 0 Å². The van der Waals surface area contributed by atoms with Gasteiger partial charge in [-0.05, 0) is 30.4 Å². The molecule has 0 bridgehead atoms. The van der Waals surface area contributed by atoms with Gasteiger partial charge in [-0.2, -0.15) is 8.78 Å². The Kier molecular flexibility index (Phi) is 5.29. The second kappa shape index (κ2) is 7.67. The van der Waals surface area contributed by atoms with Crippen molar-refractivity contribution in [1.82, 2.24) is 9.55 Å². The van der Waals surface area contributed by atoms with Gasteiger partial charge in [0, 0.05) is 41.9 Å². The summed E-state index contributed by atoms with van der Waals surface area (Å²) in [6.45, 7) is 0.768.